The number of benzene rings is 1. The molecule has 1 aromatic carbocycles. The maximum absolute atomic E-state index is 6.73. The molecule has 0 bridgehead atoms. The average molecular weight is 301 g/mol. The van der Waals surface area contributed by atoms with Crippen molar-refractivity contribution in [3.8, 4) is 5.75 Å². The highest BCUT2D eigenvalue weighted by molar-refractivity contribution is 6.31. The van der Waals surface area contributed by atoms with Gasteiger partial charge in [-0.25, -0.2) is 0 Å². The lowest BCUT2D eigenvalue weighted by Crippen LogP contribution is -2.11. The quantitative estimate of drug-likeness (QED) is 0.623. The van der Waals surface area contributed by atoms with E-state index in [1.54, 1.807) is 7.11 Å². The molecule has 1 nitrogen and oxygen atoms in total. The monoisotopic (exact) mass is 300 g/mol. The minimum atomic E-state index is 0.00625. The topological polar surface area (TPSA) is 9.23 Å². The zero-order valence-corrected chi connectivity index (χ0v) is 13.0. The molecule has 0 amide bonds. The van der Waals surface area contributed by atoms with Gasteiger partial charge in [0.2, 0.25) is 0 Å². The Balaban J connectivity index is 2.16. The van der Waals surface area contributed by atoms with Crippen molar-refractivity contribution in [3.63, 3.8) is 0 Å². The third-order valence-corrected chi connectivity index (χ3v) is 4.88. The van der Waals surface area contributed by atoms with E-state index < -0.39 is 0 Å². The maximum atomic E-state index is 6.73. The standard InChI is InChI=1S/C16H22Cl2O/c1-19-15-10-9-13(17)11-14(15)16(18)12-7-5-3-2-4-6-8-12/h9-12,16H,2-8H2,1H3. The van der Waals surface area contributed by atoms with Crippen LogP contribution in [0, 0.1) is 5.92 Å². The molecule has 0 heterocycles. The first-order valence-corrected chi connectivity index (χ1v) is 8.01. The van der Waals surface area contributed by atoms with E-state index >= 15 is 0 Å². The van der Waals surface area contributed by atoms with Gasteiger partial charge in [0, 0.05) is 10.6 Å². The zero-order valence-electron chi connectivity index (χ0n) is 11.5. The number of methoxy groups -OCH3 is 1. The van der Waals surface area contributed by atoms with Crippen molar-refractivity contribution in [1.29, 1.82) is 0 Å². The van der Waals surface area contributed by atoms with Gasteiger partial charge >= 0.3 is 0 Å². The number of hydrogen-bond acceptors (Lipinski definition) is 1. The van der Waals surface area contributed by atoms with E-state index in [0.717, 1.165) is 16.3 Å². The molecule has 1 aliphatic rings. The Hall–Kier alpha value is -0.400. The van der Waals surface area contributed by atoms with Crippen LogP contribution in [0.25, 0.3) is 0 Å². The Morgan fingerprint density at radius 3 is 2.37 bits per heavy atom. The normalized spacial score (nSPS) is 19.5. The zero-order chi connectivity index (χ0) is 13.7. The third-order valence-electron chi connectivity index (χ3n) is 4.05. The fraction of sp³-hybridized carbons (Fsp3) is 0.625. The van der Waals surface area contributed by atoms with Gasteiger partial charge < -0.3 is 4.74 Å². The predicted molar refractivity (Wildman–Crippen MR) is 82.4 cm³/mol. The molecule has 1 atom stereocenters. The van der Waals surface area contributed by atoms with Crippen molar-refractivity contribution in [2.24, 2.45) is 5.92 Å². The summed E-state index contributed by atoms with van der Waals surface area (Å²) in [5.41, 5.74) is 1.04. The highest BCUT2D eigenvalue weighted by Gasteiger charge is 2.24. The van der Waals surface area contributed by atoms with Crippen LogP contribution in [0.5, 0.6) is 5.75 Å². The number of halogens is 2. The van der Waals surface area contributed by atoms with Crippen LogP contribution >= 0.6 is 23.2 Å². The highest BCUT2D eigenvalue weighted by Crippen LogP contribution is 2.41. The van der Waals surface area contributed by atoms with Gasteiger partial charge in [-0.15, -0.1) is 11.6 Å². The summed E-state index contributed by atoms with van der Waals surface area (Å²) in [5, 5.41) is 0.735. The molecule has 1 saturated carbocycles. The van der Waals surface area contributed by atoms with Crippen LogP contribution in [0.15, 0.2) is 18.2 Å². The molecule has 3 heteroatoms. The van der Waals surface area contributed by atoms with E-state index in [4.69, 9.17) is 27.9 Å². The van der Waals surface area contributed by atoms with Crippen molar-refractivity contribution in [1.82, 2.24) is 0 Å². The Bertz CT molecular complexity index is 398. The van der Waals surface area contributed by atoms with Crippen molar-refractivity contribution in [2.75, 3.05) is 7.11 Å². The second-order valence-corrected chi connectivity index (χ2v) is 6.30. The molecule has 0 N–H and O–H groups in total. The molecule has 0 saturated heterocycles. The summed E-state index contributed by atoms with van der Waals surface area (Å²) in [6, 6.07) is 5.72. The molecule has 106 valence electrons. The summed E-state index contributed by atoms with van der Waals surface area (Å²) in [7, 11) is 1.69. The van der Waals surface area contributed by atoms with Crippen molar-refractivity contribution in [2.45, 2.75) is 50.3 Å². The van der Waals surface area contributed by atoms with Crippen molar-refractivity contribution >= 4 is 23.2 Å². The number of ether oxygens (including phenoxy) is 1. The summed E-state index contributed by atoms with van der Waals surface area (Å²) >= 11 is 12.8. The van der Waals surface area contributed by atoms with Gasteiger partial charge in [-0.05, 0) is 37.0 Å². The largest absolute Gasteiger partial charge is 0.496 e. The Morgan fingerprint density at radius 1 is 1.11 bits per heavy atom. The molecular formula is C16H22Cl2O. The molecule has 1 aliphatic carbocycles. The van der Waals surface area contributed by atoms with Crippen LogP contribution in [0.3, 0.4) is 0 Å². The van der Waals surface area contributed by atoms with Crippen LogP contribution in [0.1, 0.15) is 55.9 Å². The first-order valence-electron chi connectivity index (χ1n) is 7.20. The van der Waals surface area contributed by atoms with Gasteiger partial charge in [-0.3, -0.25) is 0 Å². The molecule has 19 heavy (non-hydrogen) atoms. The Labute approximate surface area is 126 Å². The lowest BCUT2D eigenvalue weighted by atomic mass is 9.86. The van der Waals surface area contributed by atoms with Crippen LogP contribution in [-0.2, 0) is 0 Å². The Morgan fingerprint density at radius 2 is 1.74 bits per heavy atom. The van der Waals surface area contributed by atoms with E-state index in [1.165, 1.54) is 44.9 Å². The minimum absolute atomic E-state index is 0.00625. The highest BCUT2D eigenvalue weighted by atomic mass is 35.5. The summed E-state index contributed by atoms with van der Waals surface area (Å²) < 4.78 is 5.43. The lowest BCUT2D eigenvalue weighted by molar-refractivity contribution is 0.357. The second kappa shape index (κ2) is 7.40. The van der Waals surface area contributed by atoms with Crippen molar-refractivity contribution < 1.29 is 4.74 Å². The fourth-order valence-corrected chi connectivity index (χ4v) is 3.56. The smallest absolute Gasteiger partial charge is 0.123 e. The molecule has 0 radical (unpaired) electrons. The first kappa shape index (κ1) is 15.0. The van der Waals surface area contributed by atoms with Gasteiger partial charge in [-0.2, -0.15) is 0 Å². The predicted octanol–water partition coefficient (Wildman–Crippen LogP) is 5.99. The third kappa shape index (κ3) is 4.03. The van der Waals surface area contributed by atoms with Crippen LogP contribution < -0.4 is 4.74 Å². The van der Waals surface area contributed by atoms with E-state index in [9.17, 15) is 0 Å². The van der Waals surface area contributed by atoms with E-state index in [-0.39, 0.29) is 5.38 Å². The van der Waals surface area contributed by atoms with E-state index in [0.29, 0.717) is 5.92 Å². The number of rotatable bonds is 3. The summed E-state index contributed by atoms with van der Waals surface area (Å²) in [6.45, 7) is 0. The maximum Gasteiger partial charge on any atom is 0.123 e. The lowest BCUT2D eigenvalue weighted by Gasteiger charge is -2.25. The summed E-state index contributed by atoms with van der Waals surface area (Å²) in [4.78, 5) is 0. The van der Waals surface area contributed by atoms with Gasteiger partial charge in [0.05, 0.1) is 12.5 Å². The average Bonchev–Trinajstić information content (AvgIpc) is 2.37. The second-order valence-electron chi connectivity index (χ2n) is 5.39. The molecule has 2 rings (SSSR count). The van der Waals surface area contributed by atoms with Gasteiger partial charge in [0.15, 0.2) is 0 Å². The summed E-state index contributed by atoms with van der Waals surface area (Å²) in [5.74, 6) is 1.39. The number of alkyl halides is 1. The Kier molecular flexibility index (Phi) is 5.84. The van der Waals surface area contributed by atoms with Crippen molar-refractivity contribution in [3.05, 3.63) is 28.8 Å². The van der Waals surface area contributed by atoms with Crippen LogP contribution in [0.4, 0.5) is 0 Å². The van der Waals surface area contributed by atoms with E-state index in [2.05, 4.69) is 0 Å². The molecule has 0 spiro atoms. The van der Waals surface area contributed by atoms with Gasteiger partial charge in [0.1, 0.15) is 5.75 Å². The number of hydrogen-bond donors (Lipinski definition) is 0. The first-order chi connectivity index (χ1) is 9.22. The molecular weight excluding hydrogens is 279 g/mol. The van der Waals surface area contributed by atoms with Gasteiger partial charge in [0.25, 0.3) is 0 Å². The fourth-order valence-electron chi connectivity index (χ4n) is 2.96. The van der Waals surface area contributed by atoms with E-state index in [1.807, 2.05) is 18.2 Å². The molecule has 1 fully saturated rings. The van der Waals surface area contributed by atoms with Crippen LogP contribution in [0.2, 0.25) is 5.02 Å². The molecule has 1 unspecified atom stereocenters. The molecule has 0 aromatic heterocycles. The SMILES string of the molecule is COc1ccc(Cl)cc1C(Cl)C1CCCCCCC1. The van der Waals surface area contributed by atoms with Gasteiger partial charge in [-0.1, -0.05) is 43.7 Å². The molecule has 0 aliphatic heterocycles. The minimum Gasteiger partial charge on any atom is -0.496 e. The van der Waals surface area contributed by atoms with Crippen LogP contribution in [-0.4, -0.2) is 7.11 Å². The summed E-state index contributed by atoms with van der Waals surface area (Å²) in [6.07, 6.45) is 9.06. The molecule has 1 aromatic rings.